The van der Waals surface area contributed by atoms with Gasteiger partial charge in [-0.05, 0) is 43.7 Å². The molecule has 0 radical (unpaired) electrons. The Labute approximate surface area is 161 Å². The van der Waals surface area contributed by atoms with E-state index in [-0.39, 0.29) is 11.7 Å². The molecule has 138 valence electrons. The summed E-state index contributed by atoms with van der Waals surface area (Å²) in [6, 6.07) is 16.6. The number of Topliss-reactive ketones (excluding diaryl/α,β-unsaturated/α-hetero) is 1. The molecule has 7 heteroatoms. The Morgan fingerprint density at radius 1 is 1.07 bits per heavy atom. The molecule has 27 heavy (non-hydrogen) atoms. The number of carbonyl (C=O) groups is 2. The van der Waals surface area contributed by atoms with Crippen LogP contribution in [0.5, 0.6) is 0 Å². The van der Waals surface area contributed by atoms with Gasteiger partial charge in [0.25, 0.3) is 5.22 Å². The maximum Gasteiger partial charge on any atom is 0.277 e. The third-order valence-corrected chi connectivity index (χ3v) is 4.79. The zero-order chi connectivity index (χ0) is 19.2. The summed E-state index contributed by atoms with van der Waals surface area (Å²) >= 11 is 1.20. The van der Waals surface area contributed by atoms with Crippen molar-refractivity contribution >= 4 is 29.1 Å². The van der Waals surface area contributed by atoms with E-state index in [0.29, 0.717) is 28.8 Å². The zero-order valence-electron chi connectivity index (χ0n) is 15.0. The molecule has 6 nitrogen and oxygen atoms in total. The quantitative estimate of drug-likeness (QED) is 0.492. The van der Waals surface area contributed by atoms with Crippen LogP contribution in [-0.2, 0) is 11.2 Å². The van der Waals surface area contributed by atoms with Crippen LogP contribution in [0.15, 0.2) is 64.2 Å². The first-order valence-electron chi connectivity index (χ1n) is 8.46. The highest BCUT2D eigenvalue weighted by Crippen LogP contribution is 2.24. The van der Waals surface area contributed by atoms with Gasteiger partial charge in [0.05, 0.1) is 11.7 Å². The van der Waals surface area contributed by atoms with Crippen molar-refractivity contribution in [3.05, 3.63) is 71.6 Å². The molecule has 0 bridgehead atoms. The van der Waals surface area contributed by atoms with E-state index in [1.54, 1.807) is 31.2 Å². The van der Waals surface area contributed by atoms with Crippen LogP contribution in [0.2, 0.25) is 0 Å². The Hall–Kier alpha value is -2.93. The van der Waals surface area contributed by atoms with E-state index in [0.717, 1.165) is 5.56 Å². The van der Waals surface area contributed by atoms with Gasteiger partial charge in [-0.15, -0.1) is 10.2 Å². The second-order valence-electron chi connectivity index (χ2n) is 6.01. The molecule has 0 aliphatic heterocycles. The highest BCUT2D eigenvalue weighted by molar-refractivity contribution is 8.00. The minimum absolute atomic E-state index is 0.0144. The molecule has 0 saturated heterocycles. The lowest BCUT2D eigenvalue weighted by Gasteiger charge is -2.10. The summed E-state index contributed by atoms with van der Waals surface area (Å²) in [6.45, 7) is 3.27. The SMILES string of the molecule is CC(=O)c1ccc(NC(=O)[C@@H](C)Sc2nnc(Cc3ccccc3)o2)cc1. The smallest absolute Gasteiger partial charge is 0.277 e. The number of aromatic nitrogens is 2. The molecule has 1 aromatic heterocycles. The van der Waals surface area contributed by atoms with Crippen molar-refractivity contribution in [2.75, 3.05) is 5.32 Å². The monoisotopic (exact) mass is 381 g/mol. The molecule has 0 aliphatic carbocycles. The lowest BCUT2D eigenvalue weighted by atomic mass is 10.1. The fraction of sp³-hybridized carbons (Fsp3) is 0.200. The van der Waals surface area contributed by atoms with Crippen LogP contribution in [0.4, 0.5) is 5.69 Å². The van der Waals surface area contributed by atoms with Crippen LogP contribution in [0, 0.1) is 0 Å². The Morgan fingerprint density at radius 2 is 1.78 bits per heavy atom. The van der Waals surface area contributed by atoms with Crippen molar-refractivity contribution in [2.24, 2.45) is 0 Å². The predicted octanol–water partition coefficient (Wildman–Crippen LogP) is 3.98. The maximum atomic E-state index is 12.3. The Bertz CT molecular complexity index is 923. The highest BCUT2D eigenvalue weighted by atomic mass is 32.2. The Balaban J connectivity index is 1.56. The van der Waals surface area contributed by atoms with E-state index in [1.807, 2.05) is 30.3 Å². The number of anilines is 1. The molecule has 1 atom stereocenters. The first-order chi connectivity index (χ1) is 13.0. The molecule has 0 aliphatic rings. The van der Waals surface area contributed by atoms with Gasteiger partial charge in [-0.3, -0.25) is 9.59 Å². The Kier molecular flexibility index (Phi) is 6.03. The summed E-state index contributed by atoms with van der Waals surface area (Å²) in [5, 5.41) is 10.8. The van der Waals surface area contributed by atoms with Crippen molar-refractivity contribution in [1.82, 2.24) is 10.2 Å². The number of nitrogens with zero attached hydrogens (tertiary/aromatic N) is 2. The molecule has 2 aromatic carbocycles. The van der Waals surface area contributed by atoms with Crippen LogP contribution in [-0.4, -0.2) is 27.1 Å². The molecule has 0 fully saturated rings. The lowest BCUT2D eigenvalue weighted by Crippen LogP contribution is -2.22. The zero-order valence-corrected chi connectivity index (χ0v) is 15.8. The van der Waals surface area contributed by atoms with Gasteiger partial charge in [0.1, 0.15) is 0 Å². The topological polar surface area (TPSA) is 85.1 Å². The standard InChI is InChI=1S/C20H19N3O3S/c1-13(24)16-8-10-17(11-9-16)21-19(25)14(2)27-20-23-22-18(26-20)12-15-6-4-3-5-7-15/h3-11,14H,12H2,1-2H3,(H,21,25)/t14-/m1/s1. The first-order valence-corrected chi connectivity index (χ1v) is 9.34. The van der Waals surface area contributed by atoms with Crippen LogP contribution < -0.4 is 5.32 Å². The van der Waals surface area contributed by atoms with Crippen molar-refractivity contribution in [2.45, 2.75) is 30.7 Å². The summed E-state index contributed by atoms with van der Waals surface area (Å²) < 4.78 is 5.62. The number of benzene rings is 2. The normalized spacial score (nSPS) is 11.8. The number of hydrogen-bond acceptors (Lipinski definition) is 6. The number of ketones is 1. The molecule has 0 spiro atoms. The minimum Gasteiger partial charge on any atom is -0.416 e. The second kappa shape index (κ2) is 8.64. The number of amides is 1. The van der Waals surface area contributed by atoms with Crippen LogP contribution in [0.25, 0.3) is 0 Å². The maximum absolute atomic E-state index is 12.3. The van der Waals surface area contributed by atoms with Gasteiger partial charge in [0.2, 0.25) is 11.8 Å². The van der Waals surface area contributed by atoms with Gasteiger partial charge in [-0.25, -0.2) is 0 Å². The average molecular weight is 381 g/mol. The highest BCUT2D eigenvalue weighted by Gasteiger charge is 2.18. The lowest BCUT2D eigenvalue weighted by molar-refractivity contribution is -0.115. The summed E-state index contributed by atoms with van der Waals surface area (Å²) in [7, 11) is 0. The minimum atomic E-state index is -0.414. The summed E-state index contributed by atoms with van der Waals surface area (Å²) in [6.07, 6.45) is 0.553. The van der Waals surface area contributed by atoms with Gasteiger partial charge in [0, 0.05) is 11.3 Å². The molecule has 3 aromatic rings. The van der Waals surface area contributed by atoms with Crippen molar-refractivity contribution in [3.8, 4) is 0 Å². The Morgan fingerprint density at radius 3 is 2.44 bits per heavy atom. The summed E-state index contributed by atoms with van der Waals surface area (Å²) in [5.41, 5.74) is 2.32. The third kappa shape index (κ3) is 5.27. The number of nitrogens with one attached hydrogen (secondary N) is 1. The van der Waals surface area contributed by atoms with E-state index in [2.05, 4.69) is 15.5 Å². The van der Waals surface area contributed by atoms with Crippen LogP contribution in [0.1, 0.15) is 35.7 Å². The van der Waals surface area contributed by atoms with Gasteiger partial charge in [0.15, 0.2) is 5.78 Å². The number of thioether (sulfide) groups is 1. The van der Waals surface area contributed by atoms with E-state index < -0.39 is 5.25 Å². The molecular weight excluding hydrogens is 362 g/mol. The average Bonchev–Trinajstić information content (AvgIpc) is 3.09. The van der Waals surface area contributed by atoms with Crippen molar-refractivity contribution in [1.29, 1.82) is 0 Å². The third-order valence-electron chi connectivity index (χ3n) is 3.85. The van der Waals surface area contributed by atoms with E-state index in [1.165, 1.54) is 18.7 Å². The molecule has 0 saturated carbocycles. The van der Waals surface area contributed by atoms with Crippen molar-refractivity contribution < 1.29 is 14.0 Å². The second-order valence-corrected chi connectivity index (χ2v) is 7.30. The van der Waals surface area contributed by atoms with E-state index in [4.69, 9.17) is 4.42 Å². The van der Waals surface area contributed by atoms with Gasteiger partial charge in [-0.2, -0.15) is 0 Å². The predicted molar refractivity (Wildman–Crippen MR) is 104 cm³/mol. The fourth-order valence-corrected chi connectivity index (χ4v) is 3.07. The number of rotatable bonds is 7. The number of hydrogen-bond donors (Lipinski definition) is 1. The molecule has 1 N–H and O–H groups in total. The summed E-state index contributed by atoms with van der Waals surface area (Å²) in [4.78, 5) is 23.6. The van der Waals surface area contributed by atoms with E-state index in [9.17, 15) is 9.59 Å². The van der Waals surface area contributed by atoms with Crippen LogP contribution >= 0.6 is 11.8 Å². The molecule has 1 amide bonds. The van der Waals surface area contributed by atoms with Gasteiger partial charge < -0.3 is 9.73 Å². The van der Waals surface area contributed by atoms with Crippen LogP contribution in [0.3, 0.4) is 0 Å². The molecule has 0 unspecified atom stereocenters. The molecule has 1 heterocycles. The first kappa shape index (κ1) is 18.8. The number of carbonyl (C=O) groups excluding carboxylic acids is 2. The van der Waals surface area contributed by atoms with Gasteiger partial charge >= 0.3 is 0 Å². The summed E-state index contributed by atoms with van der Waals surface area (Å²) in [5.74, 6) is 0.314. The van der Waals surface area contributed by atoms with Crippen molar-refractivity contribution in [3.63, 3.8) is 0 Å². The molecular formula is C20H19N3O3S. The fourth-order valence-electron chi connectivity index (χ4n) is 2.36. The van der Waals surface area contributed by atoms with E-state index >= 15 is 0 Å². The largest absolute Gasteiger partial charge is 0.416 e. The van der Waals surface area contributed by atoms with Gasteiger partial charge in [-0.1, -0.05) is 42.1 Å². The molecule has 3 rings (SSSR count).